The van der Waals surface area contributed by atoms with Crippen LogP contribution < -0.4 is 9.47 Å². The van der Waals surface area contributed by atoms with Crippen molar-refractivity contribution in [2.24, 2.45) is 0 Å². The molecular weight excluding hydrogens is 633 g/mol. The number of hydrogen-bond donors (Lipinski definition) is 0. The topological polar surface area (TPSA) is 55.8 Å². The highest BCUT2D eigenvalue weighted by Gasteiger charge is 2.35. The predicted molar refractivity (Wildman–Crippen MR) is 162 cm³/mol. The van der Waals surface area contributed by atoms with Crippen LogP contribution in [0.1, 0.15) is 23.6 Å². The highest BCUT2D eigenvalue weighted by atomic mass is 127. The van der Waals surface area contributed by atoms with E-state index in [0.29, 0.717) is 40.2 Å². The Morgan fingerprint density at radius 2 is 1.74 bits per heavy atom. The van der Waals surface area contributed by atoms with Crippen molar-refractivity contribution in [3.05, 3.63) is 109 Å². The maximum Gasteiger partial charge on any atom is 0.293 e. The number of benzene rings is 4. The lowest BCUT2D eigenvalue weighted by Gasteiger charge is -2.15. The molecule has 0 radical (unpaired) electrons. The zero-order chi connectivity index (χ0) is 26.6. The lowest BCUT2D eigenvalue weighted by molar-refractivity contribution is -0.123. The van der Waals surface area contributed by atoms with Gasteiger partial charge in [0, 0.05) is 3.57 Å². The minimum absolute atomic E-state index is 0.227. The summed E-state index contributed by atoms with van der Waals surface area (Å²) in [5.41, 5.74) is 2.58. The van der Waals surface area contributed by atoms with Gasteiger partial charge in [0.25, 0.3) is 11.1 Å². The third-order valence-corrected chi connectivity index (χ3v) is 7.92. The molecule has 0 aromatic heterocycles. The number of amides is 2. The maximum atomic E-state index is 13.0. The van der Waals surface area contributed by atoms with Crippen molar-refractivity contribution >= 4 is 73.9 Å². The average Bonchev–Trinajstić information content (AvgIpc) is 3.17. The third-order valence-electron chi connectivity index (χ3n) is 6.01. The summed E-state index contributed by atoms with van der Waals surface area (Å²) < 4.78 is 13.1. The summed E-state index contributed by atoms with van der Waals surface area (Å²) >= 11 is 9.79. The van der Waals surface area contributed by atoms with E-state index >= 15 is 0 Å². The lowest BCUT2D eigenvalue weighted by atomic mass is 10.1. The van der Waals surface area contributed by atoms with Crippen LogP contribution in [0.4, 0.5) is 4.79 Å². The molecule has 0 spiro atoms. The molecule has 192 valence electrons. The molecular formula is C30H23ClINO4S. The second kappa shape index (κ2) is 11.8. The largest absolute Gasteiger partial charge is 0.490 e. The van der Waals surface area contributed by atoms with E-state index in [-0.39, 0.29) is 17.7 Å². The highest BCUT2D eigenvalue weighted by molar-refractivity contribution is 14.1. The molecule has 0 unspecified atom stereocenters. The van der Waals surface area contributed by atoms with Crippen LogP contribution in [0.25, 0.3) is 16.8 Å². The molecule has 1 fully saturated rings. The number of hydrogen-bond acceptors (Lipinski definition) is 5. The fourth-order valence-corrected chi connectivity index (χ4v) is 5.67. The number of ether oxygens (including phenoxy) is 2. The van der Waals surface area contributed by atoms with Crippen molar-refractivity contribution in [3.8, 4) is 11.5 Å². The summed E-state index contributed by atoms with van der Waals surface area (Å²) in [6.45, 7) is 2.84. The van der Waals surface area contributed by atoms with Gasteiger partial charge in [0.15, 0.2) is 11.5 Å². The van der Waals surface area contributed by atoms with Crippen LogP contribution in [0.15, 0.2) is 83.8 Å². The van der Waals surface area contributed by atoms with Crippen molar-refractivity contribution in [2.45, 2.75) is 20.1 Å². The molecule has 1 heterocycles. The molecule has 0 atom stereocenters. The van der Waals surface area contributed by atoms with Crippen LogP contribution in [0.2, 0.25) is 5.02 Å². The summed E-state index contributed by atoms with van der Waals surface area (Å²) in [6, 6.07) is 25.5. The summed E-state index contributed by atoms with van der Waals surface area (Å²) in [7, 11) is 0. The molecule has 1 aliphatic heterocycles. The Morgan fingerprint density at radius 3 is 2.53 bits per heavy atom. The molecule has 1 aliphatic rings. The second-order valence-corrected chi connectivity index (χ2v) is 11.2. The van der Waals surface area contributed by atoms with Crippen molar-refractivity contribution in [1.82, 2.24) is 4.90 Å². The smallest absolute Gasteiger partial charge is 0.293 e. The Balaban J connectivity index is 1.38. The minimum Gasteiger partial charge on any atom is -0.490 e. The first-order chi connectivity index (χ1) is 18.4. The van der Waals surface area contributed by atoms with Gasteiger partial charge in [-0.15, -0.1) is 0 Å². The zero-order valence-corrected chi connectivity index (χ0v) is 24.2. The number of imide groups is 1. The van der Waals surface area contributed by atoms with Crippen LogP contribution in [0.5, 0.6) is 11.5 Å². The van der Waals surface area contributed by atoms with E-state index in [1.54, 1.807) is 18.2 Å². The summed E-state index contributed by atoms with van der Waals surface area (Å²) in [5.74, 6) is 0.582. The van der Waals surface area contributed by atoms with E-state index in [2.05, 4.69) is 40.8 Å². The van der Waals surface area contributed by atoms with Crippen LogP contribution >= 0.6 is 46.0 Å². The summed E-state index contributed by atoms with van der Waals surface area (Å²) in [5, 5.41) is 2.31. The first-order valence-electron chi connectivity index (χ1n) is 12.0. The number of carbonyl (C=O) groups is 2. The summed E-state index contributed by atoms with van der Waals surface area (Å²) in [6.07, 6.45) is 1.67. The van der Waals surface area contributed by atoms with Gasteiger partial charge in [0.2, 0.25) is 0 Å². The standard InChI is InChI=1S/C30H23ClINO4S/c1-2-36-26-15-20(16-27-29(34)33(30(35)38-27)17-19-10-12-23(32)13-11-19)14-25(31)28(26)37-18-22-8-5-7-21-6-3-4-9-24(21)22/h3-16H,2,17-18H2,1H3/b27-16-. The first kappa shape index (κ1) is 26.6. The van der Waals surface area contributed by atoms with Crippen molar-refractivity contribution in [3.63, 3.8) is 0 Å². The monoisotopic (exact) mass is 655 g/mol. The molecule has 4 aromatic carbocycles. The highest BCUT2D eigenvalue weighted by Crippen LogP contribution is 2.40. The minimum atomic E-state index is -0.330. The van der Waals surface area contributed by atoms with E-state index in [9.17, 15) is 9.59 Å². The number of thioether (sulfide) groups is 1. The zero-order valence-electron chi connectivity index (χ0n) is 20.4. The Morgan fingerprint density at radius 1 is 0.974 bits per heavy atom. The van der Waals surface area contributed by atoms with Gasteiger partial charge in [-0.3, -0.25) is 14.5 Å². The van der Waals surface area contributed by atoms with Gasteiger partial charge in [-0.05, 0) is 99.1 Å². The van der Waals surface area contributed by atoms with Crippen LogP contribution in [0, 0.1) is 3.57 Å². The quantitative estimate of drug-likeness (QED) is 0.141. The molecule has 4 aromatic rings. The number of halogens is 2. The molecule has 0 N–H and O–H groups in total. The molecule has 1 saturated heterocycles. The molecule has 0 bridgehead atoms. The Hall–Kier alpha value is -3.01. The van der Waals surface area contributed by atoms with E-state index < -0.39 is 0 Å². The first-order valence-corrected chi connectivity index (χ1v) is 14.3. The van der Waals surface area contributed by atoms with Crippen molar-refractivity contribution < 1.29 is 19.1 Å². The van der Waals surface area contributed by atoms with E-state index in [4.69, 9.17) is 21.1 Å². The third kappa shape index (κ3) is 5.85. The molecule has 5 rings (SSSR count). The van der Waals surface area contributed by atoms with Gasteiger partial charge in [-0.1, -0.05) is 66.2 Å². The Kier molecular flexibility index (Phi) is 8.26. The van der Waals surface area contributed by atoms with Crippen LogP contribution in [-0.2, 0) is 17.9 Å². The second-order valence-electron chi connectivity index (χ2n) is 8.58. The van der Waals surface area contributed by atoms with E-state index in [1.165, 1.54) is 4.90 Å². The average molecular weight is 656 g/mol. The van der Waals surface area contributed by atoms with Crippen LogP contribution in [-0.4, -0.2) is 22.7 Å². The van der Waals surface area contributed by atoms with Crippen LogP contribution in [0.3, 0.4) is 0 Å². The Labute approximate surface area is 243 Å². The Bertz CT molecular complexity index is 1550. The lowest BCUT2D eigenvalue weighted by Crippen LogP contribution is -2.27. The number of nitrogens with zero attached hydrogens (tertiary/aromatic N) is 1. The predicted octanol–water partition coefficient (Wildman–Crippen LogP) is 8.31. The summed E-state index contributed by atoms with van der Waals surface area (Å²) in [4.78, 5) is 27.3. The maximum absolute atomic E-state index is 13.0. The molecule has 2 amide bonds. The number of fused-ring (bicyclic) bond motifs is 1. The number of rotatable bonds is 8. The van der Waals surface area contributed by atoms with Gasteiger partial charge in [-0.2, -0.15) is 0 Å². The van der Waals surface area contributed by atoms with Crippen molar-refractivity contribution in [1.29, 1.82) is 0 Å². The number of carbonyl (C=O) groups excluding carboxylic acids is 2. The van der Waals surface area contributed by atoms with Gasteiger partial charge in [0.05, 0.1) is 23.1 Å². The van der Waals surface area contributed by atoms with E-state index in [1.807, 2.05) is 55.5 Å². The van der Waals surface area contributed by atoms with Gasteiger partial charge < -0.3 is 9.47 Å². The molecule has 0 aliphatic carbocycles. The molecule has 8 heteroatoms. The SMILES string of the molecule is CCOc1cc(/C=C2\SC(=O)N(Cc3ccc(I)cc3)C2=O)cc(Cl)c1OCc1cccc2ccccc12. The normalized spacial score (nSPS) is 14.5. The van der Waals surface area contributed by atoms with Crippen molar-refractivity contribution in [2.75, 3.05) is 6.61 Å². The molecule has 38 heavy (non-hydrogen) atoms. The molecule has 5 nitrogen and oxygen atoms in total. The fourth-order valence-electron chi connectivity index (χ4n) is 4.20. The van der Waals surface area contributed by atoms with Gasteiger partial charge in [0.1, 0.15) is 6.61 Å². The van der Waals surface area contributed by atoms with Gasteiger partial charge >= 0.3 is 0 Å². The van der Waals surface area contributed by atoms with Gasteiger partial charge in [-0.25, -0.2) is 0 Å². The molecule has 0 saturated carbocycles. The van der Waals surface area contributed by atoms with E-state index in [0.717, 1.165) is 37.2 Å². The fraction of sp³-hybridized carbons (Fsp3) is 0.133.